The number of nitrogens with two attached hydrogens (primary N) is 1. The summed E-state index contributed by atoms with van der Waals surface area (Å²) in [6.07, 6.45) is 0. The van der Waals surface area contributed by atoms with Gasteiger partial charge in [0.1, 0.15) is 4.21 Å². The van der Waals surface area contributed by atoms with Crippen molar-refractivity contribution >= 4 is 32.0 Å². The fraction of sp³-hybridized carbons (Fsp3) is 0.250. The number of aromatic nitrogens is 2. The van der Waals surface area contributed by atoms with Gasteiger partial charge in [0.05, 0.1) is 11.5 Å². The normalized spacial score (nSPS) is 11.5. The molecule has 0 unspecified atom stereocenters. The molecule has 2 aromatic heterocycles. The SMILES string of the molecule is Cc1nc(CNS(=O)(=O)c2cc([N+](=O)[O-])c(NN)s2)no1. The number of thiophene rings is 1. The lowest BCUT2D eigenvalue weighted by molar-refractivity contribution is -0.383. The van der Waals surface area contributed by atoms with E-state index in [1.807, 2.05) is 0 Å². The predicted octanol–water partition coefficient (Wildman–Crippen LogP) is 0.112. The largest absolute Gasteiger partial charge is 0.340 e. The molecule has 0 spiro atoms. The maximum absolute atomic E-state index is 12.0. The molecule has 4 N–H and O–H groups in total. The monoisotopic (exact) mass is 334 g/mol. The lowest BCUT2D eigenvalue weighted by Gasteiger charge is -2.00. The highest BCUT2D eigenvalue weighted by molar-refractivity contribution is 7.91. The van der Waals surface area contributed by atoms with Crippen molar-refractivity contribution in [3.8, 4) is 0 Å². The van der Waals surface area contributed by atoms with Crippen molar-refractivity contribution in [1.82, 2.24) is 14.9 Å². The van der Waals surface area contributed by atoms with Gasteiger partial charge in [0.25, 0.3) is 10.0 Å². The molecule has 11 nitrogen and oxygen atoms in total. The first-order valence-corrected chi connectivity index (χ1v) is 7.67. The molecule has 0 fully saturated rings. The summed E-state index contributed by atoms with van der Waals surface area (Å²) in [6, 6.07) is 0.920. The van der Waals surface area contributed by atoms with Gasteiger partial charge in [-0.1, -0.05) is 16.5 Å². The summed E-state index contributed by atoms with van der Waals surface area (Å²) in [5.41, 5.74) is 1.67. The van der Waals surface area contributed by atoms with Crippen molar-refractivity contribution < 1.29 is 17.9 Å². The second-order valence-corrected chi connectivity index (χ2v) is 6.78. The minimum atomic E-state index is -3.95. The third-order valence-corrected chi connectivity index (χ3v) is 5.20. The number of nitrogens with one attached hydrogen (secondary N) is 2. The van der Waals surface area contributed by atoms with Crippen LogP contribution in [0.25, 0.3) is 0 Å². The molecular weight excluding hydrogens is 324 g/mol. The van der Waals surface area contributed by atoms with E-state index in [9.17, 15) is 18.5 Å². The molecular formula is C8H10N6O5S2. The lowest BCUT2D eigenvalue weighted by atomic mass is 10.5. The van der Waals surface area contributed by atoms with Crippen molar-refractivity contribution in [2.45, 2.75) is 17.7 Å². The summed E-state index contributed by atoms with van der Waals surface area (Å²) in [6.45, 7) is 1.36. The van der Waals surface area contributed by atoms with Crippen LogP contribution in [0.1, 0.15) is 11.7 Å². The Labute approximate surface area is 122 Å². The maximum Gasteiger partial charge on any atom is 0.306 e. The number of hydrazine groups is 1. The minimum absolute atomic E-state index is 0.0595. The number of nitro groups is 1. The van der Waals surface area contributed by atoms with Crippen molar-refractivity contribution in [3.05, 3.63) is 27.9 Å². The van der Waals surface area contributed by atoms with Gasteiger partial charge in [-0.3, -0.25) is 10.1 Å². The standard InChI is InChI=1S/C8H10N6O5S2/c1-4-11-6(13-19-4)3-10-21(17,18)7-2-5(14(15)16)8(12-9)20-7/h2,10,12H,3,9H2,1H3. The quantitative estimate of drug-likeness (QED) is 0.377. The Balaban J connectivity index is 2.21. The Kier molecular flexibility index (Phi) is 4.17. The molecule has 21 heavy (non-hydrogen) atoms. The van der Waals surface area contributed by atoms with E-state index in [0.29, 0.717) is 17.2 Å². The molecule has 0 saturated heterocycles. The van der Waals surface area contributed by atoms with Crippen LogP contribution < -0.4 is 16.0 Å². The molecule has 114 valence electrons. The number of aryl methyl sites for hydroxylation is 1. The van der Waals surface area contributed by atoms with Crippen molar-refractivity contribution in [2.75, 3.05) is 5.43 Å². The minimum Gasteiger partial charge on any atom is -0.340 e. The fourth-order valence-electron chi connectivity index (χ4n) is 1.37. The van der Waals surface area contributed by atoms with Crippen LogP contribution in [0.15, 0.2) is 14.8 Å². The summed E-state index contributed by atoms with van der Waals surface area (Å²) >= 11 is 0.643. The average Bonchev–Trinajstić information content (AvgIpc) is 3.02. The molecule has 2 heterocycles. The van der Waals surface area contributed by atoms with Gasteiger partial charge in [-0.2, -0.15) is 4.98 Å². The van der Waals surface area contributed by atoms with Gasteiger partial charge >= 0.3 is 5.69 Å². The van der Waals surface area contributed by atoms with Crippen molar-refractivity contribution in [1.29, 1.82) is 0 Å². The number of hydrogen-bond acceptors (Lipinski definition) is 10. The van der Waals surface area contributed by atoms with Gasteiger partial charge in [-0.25, -0.2) is 19.0 Å². The van der Waals surface area contributed by atoms with Gasteiger partial charge in [-0.05, 0) is 0 Å². The number of sulfonamides is 1. The summed E-state index contributed by atoms with van der Waals surface area (Å²) in [5, 5.41) is 14.2. The van der Waals surface area contributed by atoms with E-state index in [-0.39, 0.29) is 21.6 Å². The maximum atomic E-state index is 12.0. The molecule has 0 aliphatic heterocycles. The first-order chi connectivity index (χ1) is 9.83. The highest BCUT2D eigenvalue weighted by atomic mass is 32.2. The third-order valence-electron chi connectivity index (χ3n) is 2.27. The van der Waals surface area contributed by atoms with E-state index >= 15 is 0 Å². The molecule has 0 aliphatic rings. The number of hydrogen-bond donors (Lipinski definition) is 3. The second-order valence-electron chi connectivity index (χ2n) is 3.74. The van der Waals surface area contributed by atoms with E-state index < -0.39 is 20.6 Å². The number of nitrogen functional groups attached to an aromatic ring is 1. The second kappa shape index (κ2) is 5.72. The summed E-state index contributed by atoms with van der Waals surface area (Å²) in [7, 11) is -3.95. The van der Waals surface area contributed by atoms with Gasteiger partial charge in [0.15, 0.2) is 10.8 Å². The molecule has 0 bridgehead atoms. The van der Waals surface area contributed by atoms with E-state index in [2.05, 4.69) is 20.3 Å². The zero-order chi connectivity index (χ0) is 15.6. The summed E-state index contributed by atoms with van der Waals surface area (Å²) < 4.78 is 30.7. The first kappa shape index (κ1) is 15.3. The van der Waals surface area contributed by atoms with E-state index in [1.165, 1.54) is 0 Å². The fourth-order valence-corrected chi connectivity index (χ4v) is 3.64. The molecule has 2 rings (SSSR count). The van der Waals surface area contributed by atoms with Crippen molar-refractivity contribution in [3.63, 3.8) is 0 Å². The Hall–Kier alpha value is -2.09. The van der Waals surface area contributed by atoms with Crippen LogP contribution in [0.3, 0.4) is 0 Å². The Morgan fingerprint density at radius 1 is 1.57 bits per heavy atom. The Bertz CT molecular complexity index is 766. The first-order valence-electron chi connectivity index (χ1n) is 5.37. The number of nitrogens with zero attached hydrogens (tertiary/aromatic N) is 3. The molecule has 0 amide bonds. The van der Waals surface area contributed by atoms with Gasteiger partial charge < -0.3 is 9.95 Å². The van der Waals surface area contributed by atoms with Gasteiger partial charge in [-0.15, -0.1) is 0 Å². The van der Waals surface area contributed by atoms with Crippen LogP contribution in [-0.4, -0.2) is 23.5 Å². The van der Waals surface area contributed by atoms with E-state index in [4.69, 9.17) is 10.4 Å². The Morgan fingerprint density at radius 2 is 2.29 bits per heavy atom. The lowest BCUT2D eigenvalue weighted by Crippen LogP contribution is -2.23. The molecule has 0 radical (unpaired) electrons. The number of anilines is 1. The summed E-state index contributed by atoms with van der Waals surface area (Å²) in [4.78, 5) is 13.9. The molecule has 2 aromatic rings. The highest BCUT2D eigenvalue weighted by Crippen LogP contribution is 2.36. The topological polar surface area (TPSA) is 166 Å². The number of rotatable bonds is 6. The zero-order valence-electron chi connectivity index (χ0n) is 10.6. The molecule has 0 saturated carbocycles. The Morgan fingerprint density at radius 3 is 2.76 bits per heavy atom. The average molecular weight is 334 g/mol. The van der Waals surface area contributed by atoms with E-state index in [1.54, 1.807) is 6.92 Å². The van der Waals surface area contributed by atoms with Crippen LogP contribution in [-0.2, 0) is 16.6 Å². The zero-order valence-corrected chi connectivity index (χ0v) is 12.2. The predicted molar refractivity (Wildman–Crippen MR) is 71.8 cm³/mol. The van der Waals surface area contributed by atoms with E-state index in [0.717, 1.165) is 6.07 Å². The molecule has 0 atom stereocenters. The highest BCUT2D eigenvalue weighted by Gasteiger charge is 2.26. The van der Waals surface area contributed by atoms with Crippen LogP contribution in [0.4, 0.5) is 10.7 Å². The van der Waals surface area contributed by atoms with Crippen LogP contribution in [0.5, 0.6) is 0 Å². The van der Waals surface area contributed by atoms with Crippen LogP contribution in [0.2, 0.25) is 0 Å². The molecule has 13 heteroatoms. The van der Waals surface area contributed by atoms with Gasteiger partial charge in [0.2, 0.25) is 5.89 Å². The van der Waals surface area contributed by atoms with Crippen molar-refractivity contribution in [2.24, 2.45) is 5.84 Å². The molecule has 0 aliphatic carbocycles. The van der Waals surface area contributed by atoms with Crippen LogP contribution >= 0.6 is 11.3 Å². The smallest absolute Gasteiger partial charge is 0.306 e. The van der Waals surface area contributed by atoms with Gasteiger partial charge in [0, 0.05) is 13.0 Å². The molecule has 0 aromatic carbocycles. The van der Waals surface area contributed by atoms with Crippen LogP contribution in [0, 0.1) is 17.0 Å². The third kappa shape index (κ3) is 3.33. The summed E-state index contributed by atoms with van der Waals surface area (Å²) in [5.74, 6) is 5.57.